The van der Waals surface area contributed by atoms with Crippen molar-refractivity contribution in [2.75, 3.05) is 0 Å². The Kier molecular flexibility index (Phi) is 8.03. The first-order chi connectivity index (χ1) is 18.3. The third-order valence-electron chi connectivity index (χ3n) is 7.31. The van der Waals surface area contributed by atoms with Crippen LogP contribution in [0.1, 0.15) is 50.9 Å². The fourth-order valence-corrected chi connectivity index (χ4v) is 5.54. The molecule has 5 rings (SSSR count). The second-order valence-corrected chi connectivity index (χ2v) is 9.66. The molecule has 0 unspecified atom stereocenters. The lowest BCUT2D eigenvalue weighted by atomic mass is 9.68. The molecule has 0 radical (unpaired) electrons. The quantitative estimate of drug-likeness (QED) is 0.183. The molecule has 0 N–H and O–H groups in total. The zero-order valence-electron chi connectivity index (χ0n) is 21.0. The molecule has 0 saturated heterocycles. The maximum atomic E-state index is 13.7. The molecule has 0 spiro atoms. The van der Waals surface area contributed by atoms with Gasteiger partial charge in [-0.2, -0.15) is 0 Å². The standard InChI is InChI=1S/C36H32O/c37-35(30-20-10-3-11-21-30)27-33(29-18-8-2-9-19-29)34(26-28-16-6-1-7-17-28)36(31-22-12-4-13-23-31)32-24-14-5-15-25-32/h1-25,33-34,36H,26-27H2/t33-,34+/m0/s1. The molecule has 0 heterocycles. The fourth-order valence-electron chi connectivity index (χ4n) is 5.54. The van der Waals surface area contributed by atoms with Gasteiger partial charge in [-0.05, 0) is 40.5 Å². The Morgan fingerprint density at radius 3 is 1.38 bits per heavy atom. The van der Waals surface area contributed by atoms with Crippen molar-refractivity contribution in [1.82, 2.24) is 0 Å². The van der Waals surface area contributed by atoms with Crippen molar-refractivity contribution in [3.63, 3.8) is 0 Å². The van der Waals surface area contributed by atoms with Crippen LogP contribution >= 0.6 is 0 Å². The predicted octanol–water partition coefficient (Wildman–Crippen LogP) is 8.73. The van der Waals surface area contributed by atoms with E-state index in [1.54, 1.807) is 0 Å². The van der Waals surface area contributed by atoms with Crippen molar-refractivity contribution in [3.8, 4) is 0 Å². The lowest BCUT2D eigenvalue weighted by Gasteiger charge is -2.35. The summed E-state index contributed by atoms with van der Waals surface area (Å²) in [5, 5.41) is 0. The van der Waals surface area contributed by atoms with Gasteiger partial charge < -0.3 is 0 Å². The number of rotatable bonds is 10. The molecule has 0 aliphatic carbocycles. The maximum absolute atomic E-state index is 13.7. The number of ketones is 1. The molecule has 0 fully saturated rings. The van der Waals surface area contributed by atoms with E-state index in [2.05, 4.69) is 121 Å². The number of carbonyl (C=O) groups is 1. The van der Waals surface area contributed by atoms with Crippen molar-refractivity contribution in [2.45, 2.75) is 24.7 Å². The summed E-state index contributed by atoms with van der Waals surface area (Å²) in [4.78, 5) is 13.7. The highest BCUT2D eigenvalue weighted by molar-refractivity contribution is 5.96. The van der Waals surface area contributed by atoms with Gasteiger partial charge in [0.05, 0.1) is 0 Å². The fraction of sp³-hybridized carbons (Fsp3) is 0.139. The van der Waals surface area contributed by atoms with Crippen LogP contribution in [0.5, 0.6) is 0 Å². The number of hydrogen-bond donors (Lipinski definition) is 0. The Hall–Kier alpha value is -4.23. The smallest absolute Gasteiger partial charge is 0.163 e. The molecule has 0 bridgehead atoms. The van der Waals surface area contributed by atoms with Gasteiger partial charge >= 0.3 is 0 Å². The molecule has 2 atom stereocenters. The second-order valence-electron chi connectivity index (χ2n) is 9.66. The molecular weight excluding hydrogens is 448 g/mol. The van der Waals surface area contributed by atoms with Crippen LogP contribution < -0.4 is 0 Å². The average Bonchev–Trinajstić information content (AvgIpc) is 2.98. The number of carbonyl (C=O) groups excluding carboxylic acids is 1. The van der Waals surface area contributed by atoms with Crippen LogP contribution in [0.2, 0.25) is 0 Å². The highest BCUT2D eigenvalue weighted by atomic mass is 16.1. The van der Waals surface area contributed by atoms with Crippen molar-refractivity contribution in [3.05, 3.63) is 179 Å². The van der Waals surface area contributed by atoms with E-state index in [0.717, 1.165) is 12.0 Å². The molecule has 0 saturated carbocycles. The van der Waals surface area contributed by atoms with Crippen LogP contribution in [-0.4, -0.2) is 5.78 Å². The first-order valence-electron chi connectivity index (χ1n) is 13.1. The lowest BCUT2D eigenvalue weighted by Crippen LogP contribution is -2.26. The second kappa shape index (κ2) is 12.1. The highest BCUT2D eigenvalue weighted by Crippen LogP contribution is 2.44. The van der Waals surface area contributed by atoms with E-state index < -0.39 is 0 Å². The molecular formula is C36H32O. The van der Waals surface area contributed by atoms with Crippen LogP contribution in [0.25, 0.3) is 0 Å². The Balaban J connectivity index is 1.65. The molecule has 37 heavy (non-hydrogen) atoms. The van der Waals surface area contributed by atoms with Gasteiger partial charge in [0.2, 0.25) is 0 Å². The summed E-state index contributed by atoms with van der Waals surface area (Å²) in [6.07, 6.45) is 1.33. The van der Waals surface area contributed by atoms with Gasteiger partial charge in [0.15, 0.2) is 5.78 Å². The van der Waals surface area contributed by atoms with E-state index in [-0.39, 0.29) is 23.5 Å². The van der Waals surface area contributed by atoms with Crippen molar-refractivity contribution in [2.24, 2.45) is 5.92 Å². The normalized spacial score (nSPS) is 12.7. The van der Waals surface area contributed by atoms with E-state index >= 15 is 0 Å². The van der Waals surface area contributed by atoms with E-state index in [1.165, 1.54) is 22.3 Å². The summed E-state index contributed by atoms with van der Waals surface area (Å²) in [6, 6.07) is 52.6. The number of hydrogen-bond acceptors (Lipinski definition) is 1. The zero-order valence-corrected chi connectivity index (χ0v) is 21.0. The van der Waals surface area contributed by atoms with Crippen LogP contribution in [0, 0.1) is 5.92 Å². The summed E-state index contributed by atoms with van der Waals surface area (Å²) < 4.78 is 0. The van der Waals surface area contributed by atoms with Crippen molar-refractivity contribution < 1.29 is 4.79 Å². The molecule has 1 nitrogen and oxygen atoms in total. The minimum Gasteiger partial charge on any atom is -0.294 e. The SMILES string of the molecule is O=C(C[C@@H](c1ccccc1)[C@@H](Cc1ccccc1)C(c1ccccc1)c1ccccc1)c1ccccc1. The molecule has 0 aliphatic rings. The molecule has 182 valence electrons. The van der Waals surface area contributed by atoms with Crippen molar-refractivity contribution in [1.29, 1.82) is 0 Å². The Morgan fingerprint density at radius 1 is 0.486 bits per heavy atom. The van der Waals surface area contributed by atoms with Gasteiger partial charge in [-0.25, -0.2) is 0 Å². The maximum Gasteiger partial charge on any atom is 0.163 e. The minimum atomic E-state index is 0.0412. The van der Waals surface area contributed by atoms with Gasteiger partial charge in [-0.1, -0.05) is 152 Å². The van der Waals surface area contributed by atoms with Gasteiger partial charge in [0, 0.05) is 17.9 Å². The minimum absolute atomic E-state index is 0.0412. The Morgan fingerprint density at radius 2 is 0.892 bits per heavy atom. The molecule has 5 aromatic rings. The van der Waals surface area contributed by atoms with Gasteiger partial charge in [-0.15, -0.1) is 0 Å². The van der Waals surface area contributed by atoms with Crippen molar-refractivity contribution >= 4 is 5.78 Å². The third-order valence-corrected chi connectivity index (χ3v) is 7.31. The van der Waals surface area contributed by atoms with Crippen LogP contribution in [-0.2, 0) is 6.42 Å². The highest BCUT2D eigenvalue weighted by Gasteiger charge is 2.34. The topological polar surface area (TPSA) is 17.1 Å². The summed E-state index contributed by atoms with van der Waals surface area (Å²) in [5.74, 6) is 0.533. The van der Waals surface area contributed by atoms with E-state index in [4.69, 9.17) is 0 Å². The molecule has 0 aromatic heterocycles. The van der Waals surface area contributed by atoms with Gasteiger partial charge in [0.25, 0.3) is 0 Å². The Bertz CT molecular complexity index is 1320. The summed E-state index contributed by atoms with van der Waals surface area (Å²) in [6.45, 7) is 0. The van der Waals surface area contributed by atoms with Crippen LogP contribution in [0.4, 0.5) is 0 Å². The summed E-state index contributed by atoms with van der Waals surface area (Å²) >= 11 is 0. The zero-order chi connectivity index (χ0) is 25.3. The van der Waals surface area contributed by atoms with Gasteiger partial charge in [-0.3, -0.25) is 4.79 Å². The monoisotopic (exact) mass is 480 g/mol. The van der Waals surface area contributed by atoms with Crippen LogP contribution in [0.15, 0.2) is 152 Å². The molecule has 1 heteroatoms. The van der Waals surface area contributed by atoms with E-state index in [0.29, 0.717) is 6.42 Å². The van der Waals surface area contributed by atoms with E-state index in [1.807, 2.05) is 30.3 Å². The largest absolute Gasteiger partial charge is 0.294 e. The molecule has 5 aromatic carbocycles. The Labute approximate surface area is 220 Å². The summed E-state index contributed by atoms with van der Waals surface area (Å²) in [7, 11) is 0. The summed E-state index contributed by atoms with van der Waals surface area (Å²) in [5.41, 5.74) is 5.84. The first-order valence-corrected chi connectivity index (χ1v) is 13.1. The lowest BCUT2D eigenvalue weighted by molar-refractivity contribution is 0.0961. The van der Waals surface area contributed by atoms with Crippen LogP contribution in [0.3, 0.4) is 0 Å². The van der Waals surface area contributed by atoms with Gasteiger partial charge in [0.1, 0.15) is 0 Å². The number of Topliss-reactive ketones (excluding diaryl/α,β-unsaturated/α-hetero) is 1. The van der Waals surface area contributed by atoms with E-state index in [9.17, 15) is 4.79 Å². The first kappa shape index (κ1) is 24.5. The number of benzene rings is 5. The predicted molar refractivity (Wildman–Crippen MR) is 153 cm³/mol. The molecule has 0 amide bonds. The third kappa shape index (κ3) is 6.13. The molecule has 0 aliphatic heterocycles. The average molecular weight is 481 g/mol.